The third-order valence-electron chi connectivity index (χ3n) is 5.99. The molecule has 0 rings (SSSR count). The molecule has 194 valence electrons. The molecule has 32 heavy (non-hydrogen) atoms. The molecule has 0 aromatic carbocycles. The third-order valence-corrected chi connectivity index (χ3v) is 7.49. The van der Waals surface area contributed by atoms with Crippen LogP contribution in [0.1, 0.15) is 156 Å². The van der Waals surface area contributed by atoms with E-state index in [9.17, 15) is 4.57 Å². The van der Waals surface area contributed by atoms with Crippen molar-refractivity contribution in [1.82, 2.24) is 0 Å². The average Bonchev–Trinajstić information content (AvgIpc) is 2.79. The summed E-state index contributed by atoms with van der Waals surface area (Å²) < 4.78 is 30.1. The van der Waals surface area contributed by atoms with Crippen molar-refractivity contribution in [3.63, 3.8) is 0 Å². The quantitative estimate of drug-likeness (QED) is 0.0873. The minimum absolute atomic E-state index is 0.471. The maximum atomic E-state index is 13.1. The van der Waals surface area contributed by atoms with Crippen molar-refractivity contribution in [3.8, 4) is 0 Å². The van der Waals surface area contributed by atoms with E-state index in [1.54, 1.807) is 0 Å². The van der Waals surface area contributed by atoms with Crippen molar-refractivity contribution in [3.05, 3.63) is 0 Å². The number of hydrogen-bond donors (Lipinski definition) is 0. The molecule has 0 aliphatic rings. The van der Waals surface area contributed by atoms with E-state index in [0.29, 0.717) is 19.8 Å². The highest BCUT2D eigenvalue weighted by Gasteiger charge is 2.26. The minimum Gasteiger partial charge on any atom is -0.287 e. The van der Waals surface area contributed by atoms with Gasteiger partial charge in [-0.2, -0.15) is 0 Å². The number of hydrogen-bond acceptors (Lipinski definition) is 4. The van der Waals surface area contributed by atoms with Gasteiger partial charge in [0.1, 0.15) is 0 Å². The molecule has 0 unspecified atom stereocenters. The van der Waals surface area contributed by atoms with Crippen molar-refractivity contribution in [1.29, 1.82) is 0 Å². The van der Waals surface area contributed by atoms with Crippen LogP contribution in [0.15, 0.2) is 0 Å². The van der Waals surface area contributed by atoms with Gasteiger partial charge in [0.2, 0.25) is 0 Å². The van der Waals surface area contributed by atoms with Gasteiger partial charge in [0.05, 0.1) is 19.8 Å². The monoisotopic (exact) mass is 476 g/mol. The Bertz CT molecular complexity index is 346. The van der Waals surface area contributed by atoms with E-state index >= 15 is 0 Å². The molecule has 0 heterocycles. The summed E-state index contributed by atoms with van der Waals surface area (Å²) in [7, 11) is -3.42. The summed E-state index contributed by atoms with van der Waals surface area (Å²) in [5.74, 6) is 0. The van der Waals surface area contributed by atoms with E-state index in [0.717, 1.165) is 38.5 Å². The lowest BCUT2D eigenvalue weighted by atomic mass is 10.1. The first kappa shape index (κ1) is 32.1. The lowest BCUT2D eigenvalue weighted by molar-refractivity contribution is 0.108. The van der Waals surface area contributed by atoms with Crippen LogP contribution in [0, 0.1) is 0 Å². The molecule has 0 saturated heterocycles. The van der Waals surface area contributed by atoms with Crippen LogP contribution in [0.2, 0.25) is 0 Å². The van der Waals surface area contributed by atoms with Gasteiger partial charge in [-0.1, -0.05) is 136 Å². The summed E-state index contributed by atoms with van der Waals surface area (Å²) in [4.78, 5) is 0. The standard InChI is InChI=1S/C27H57O4P/c1-4-7-10-13-16-19-22-25-29-32(28,30-26-23-20-17-14-11-8-5-2)31-27-24-21-18-15-12-9-6-3/h4-27H2,1-3H3. The predicted octanol–water partition coefficient (Wildman–Crippen LogP) is 10.4. The van der Waals surface area contributed by atoms with E-state index < -0.39 is 7.82 Å². The van der Waals surface area contributed by atoms with E-state index in [4.69, 9.17) is 13.6 Å². The largest absolute Gasteiger partial charge is 0.474 e. The average molecular weight is 477 g/mol. The smallest absolute Gasteiger partial charge is 0.287 e. The van der Waals surface area contributed by atoms with Gasteiger partial charge in [0, 0.05) is 0 Å². The summed E-state index contributed by atoms with van der Waals surface area (Å²) in [5.41, 5.74) is 0. The molecule has 0 spiro atoms. The van der Waals surface area contributed by atoms with E-state index in [-0.39, 0.29) is 0 Å². The summed E-state index contributed by atoms with van der Waals surface area (Å²) in [6, 6.07) is 0. The fraction of sp³-hybridized carbons (Fsp3) is 1.00. The van der Waals surface area contributed by atoms with Crippen LogP contribution in [0.3, 0.4) is 0 Å². The topological polar surface area (TPSA) is 44.8 Å². The van der Waals surface area contributed by atoms with Gasteiger partial charge in [-0.3, -0.25) is 13.6 Å². The van der Waals surface area contributed by atoms with E-state index in [2.05, 4.69) is 20.8 Å². The van der Waals surface area contributed by atoms with Gasteiger partial charge in [-0.25, -0.2) is 4.57 Å². The second kappa shape index (κ2) is 25.7. The van der Waals surface area contributed by atoms with Gasteiger partial charge in [-0.15, -0.1) is 0 Å². The second-order valence-electron chi connectivity index (χ2n) is 9.31. The first-order valence-electron chi connectivity index (χ1n) is 14.2. The van der Waals surface area contributed by atoms with E-state index in [1.165, 1.54) is 96.3 Å². The SMILES string of the molecule is CCCCCCCCCOP(=O)(OCCCCCCCCC)OCCCCCCCCC. The Morgan fingerprint density at radius 1 is 0.375 bits per heavy atom. The molecule has 0 aliphatic heterocycles. The lowest BCUT2D eigenvalue weighted by Crippen LogP contribution is -2.04. The Hall–Kier alpha value is 0.110. The minimum atomic E-state index is -3.42. The molecule has 0 bridgehead atoms. The van der Waals surface area contributed by atoms with Crippen molar-refractivity contribution in [2.75, 3.05) is 19.8 Å². The highest BCUT2D eigenvalue weighted by atomic mass is 31.2. The van der Waals surface area contributed by atoms with Crippen LogP contribution in [0.4, 0.5) is 0 Å². The van der Waals surface area contributed by atoms with Crippen molar-refractivity contribution >= 4 is 7.82 Å². The zero-order chi connectivity index (χ0) is 23.6. The van der Waals surface area contributed by atoms with Gasteiger partial charge in [-0.05, 0) is 19.3 Å². The molecule has 0 aromatic rings. The molecule has 0 amide bonds. The molecule has 4 nitrogen and oxygen atoms in total. The summed E-state index contributed by atoms with van der Waals surface area (Å²) >= 11 is 0. The zero-order valence-electron chi connectivity index (χ0n) is 22.1. The van der Waals surface area contributed by atoms with Gasteiger partial charge >= 0.3 is 7.82 Å². The van der Waals surface area contributed by atoms with Crippen LogP contribution >= 0.6 is 7.82 Å². The predicted molar refractivity (Wildman–Crippen MR) is 139 cm³/mol. The maximum absolute atomic E-state index is 13.1. The summed E-state index contributed by atoms with van der Waals surface area (Å²) in [6.07, 6.45) is 25.5. The van der Waals surface area contributed by atoms with Gasteiger partial charge in [0.15, 0.2) is 0 Å². The van der Waals surface area contributed by atoms with Crippen LogP contribution < -0.4 is 0 Å². The Morgan fingerprint density at radius 3 is 0.844 bits per heavy atom. The molecule has 0 saturated carbocycles. The molecule has 0 N–H and O–H groups in total. The summed E-state index contributed by atoms with van der Waals surface area (Å²) in [6.45, 7) is 8.14. The molecule has 0 aliphatic carbocycles. The molecule has 0 fully saturated rings. The fourth-order valence-electron chi connectivity index (χ4n) is 3.82. The van der Waals surface area contributed by atoms with Crippen LogP contribution in [0.25, 0.3) is 0 Å². The number of rotatable bonds is 27. The fourth-order valence-corrected chi connectivity index (χ4v) is 5.10. The second-order valence-corrected chi connectivity index (χ2v) is 11.0. The Labute approximate surface area is 201 Å². The van der Waals surface area contributed by atoms with Crippen LogP contribution in [-0.2, 0) is 18.1 Å². The van der Waals surface area contributed by atoms with Crippen molar-refractivity contribution in [2.24, 2.45) is 0 Å². The lowest BCUT2D eigenvalue weighted by Gasteiger charge is -2.18. The highest BCUT2D eigenvalue weighted by molar-refractivity contribution is 7.48. The Morgan fingerprint density at radius 2 is 0.594 bits per heavy atom. The first-order chi connectivity index (χ1) is 15.7. The first-order valence-corrected chi connectivity index (χ1v) is 15.7. The number of phosphoric ester groups is 1. The number of phosphoric acid groups is 1. The van der Waals surface area contributed by atoms with E-state index in [1.807, 2.05) is 0 Å². The normalized spacial score (nSPS) is 12.0. The maximum Gasteiger partial charge on any atom is 0.474 e. The number of unbranched alkanes of at least 4 members (excludes halogenated alkanes) is 18. The molecule has 0 aromatic heterocycles. The Kier molecular flexibility index (Phi) is 25.8. The summed E-state index contributed by atoms with van der Waals surface area (Å²) in [5, 5.41) is 0. The molecule has 5 heteroatoms. The molecular formula is C27H57O4P. The van der Waals surface area contributed by atoms with Crippen molar-refractivity contribution in [2.45, 2.75) is 156 Å². The highest BCUT2D eigenvalue weighted by Crippen LogP contribution is 2.50. The van der Waals surface area contributed by atoms with Crippen LogP contribution in [-0.4, -0.2) is 19.8 Å². The zero-order valence-corrected chi connectivity index (χ0v) is 22.9. The van der Waals surface area contributed by atoms with Crippen molar-refractivity contribution < 1.29 is 18.1 Å². The van der Waals surface area contributed by atoms with Crippen LogP contribution in [0.5, 0.6) is 0 Å². The molecular weight excluding hydrogens is 419 g/mol. The Balaban J connectivity index is 4.06. The third kappa shape index (κ3) is 23.3. The molecule has 0 atom stereocenters. The molecule has 0 radical (unpaired) electrons. The van der Waals surface area contributed by atoms with Gasteiger partial charge in [0.25, 0.3) is 0 Å². The van der Waals surface area contributed by atoms with Gasteiger partial charge < -0.3 is 0 Å².